The lowest BCUT2D eigenvalue weighted by atomic mass is 9.46. The molecule has 3 unspecified atom stereocenters. The van der Waals surface area contributed by atoms with Crippen molar-refractivity contribution in [3.05, 3.63) is 22.8 Å². The van der Waals surface area contributed by atoms with Crippen molar-refractivity contribution in [1.29, 1.82) is 0 Å². The van der Waals surface area contributed by atoms with Gasteiger partial charge < -0.3 is 29.7 Å². The van der Waals surface area contributed by atoms with E-state index in [9.17, 15) is 20.1 Å². The van der Waals surface area contributed by atoms with Crippen molar-refractivity contribution < 1.29 is 29.6 Å². The number of carbonyl (C=O) groups is 1. The van der Waals surface area contributed by atoms with Crippen LogP contribution in [0, 0.1) is 5.41 Å². The molecule has 6 rings (SSSR count). The third kappa shape index (κ3) is 2.82. The molecule has 5 aliphatic rings. The zero-order valence-corrected chi connectivity index (χ0v) is 21.8. The van der Waals surface area contributed by atoms with Gasteiger partial charge in [-0.15, -0.1) is 0 Å². The first-order valence-corrected chi connectivity index (χ1v) is 13.7. The second kappa shape index (κ2) is 8.32. The third-order valence-corrected chi connectivity index (χ3v) is 10.6. The van der Waals surface area contributed by atoms with Gasteiger partial charge in [0.25, 0.3) is 0 Å². The number of aliphatic hydroxyl groups is 3. The SMILES string of the molecule is CC[C@@H]1COc2c(CO)c(CO)cc3c2N1[C@]1(C)CC(O)C2(CCOC(C)=O)CCCN4CC[C@@]31C42. The summed E-state index contributed by atoms with van der Waals surface area (Å²) in [6.45, 7) is 8.43. The summed E-state index contributed by atoms with van der Waals surface area (Å²) in [5.41, 5.74) is 2.70. The van der Waals surface area contributed by atoms with Crippen LogP contribution in [-0.4, -0.2) is 76.2 Å². The van der Waals surface area contributed by atoms with Crippen molar-refractivity contribution >= 4 is 11.7 Å². The summed E-state index contributed by atoms with van der Waals surface area (Å²) in [5, 5.41) is 32.6. The van der Waals surface area contributed by atoms with Gasteiger partial charge in [0.1, 0.15) is 12.4 Å². The number of aliphatic hydroxyl groups excluding tert-OH is 3. The predicted molar refractivity (Wildman–Crippen MR) is 134 cm³/mol. The molecular formula is C28H40N2O6. The second-order valence-electron chi connectivity index (χ2n) is 11.9. The van der Waals surface area contributed by atoms with Crippen LogP contribution < -0.4 is 9.64 Å². The topological polar surface area (TPSA) is 103 Å². The number of hydrogen-bond donors (Lipinski definition) is 3. The van der Waals surface area contributed by atoms with Crippen molar-refractivity contribution in [2.24, 2.45) is 5.41 Å². The van der Waals surface area contributed by atoms with Crippen molar-refractivity contribution in [2.75, 3.05) is 31.2 Å². The number of ether oxygens (including phenoxy) is 2. The molecule has 1 spiro atoms. The zero-order chi connectivity index (χ0) is 25.5. The van der Waals surface area contributed by atoms with E-state index < -0.39 is 6.10 Å². The highest BCUT2D eigenvalue weighted by Crippen LogP contribution is 2.71. The highest BCUT2D eigenvalue weighted by molar-refractivity contribution is 5.79. The minimum absolute atomic E-state index is 0.0989. The van der Waals surface area contributed by atoms with E-state index in [1.165, 1.54) is 12.5 Å². The molecule has 8 nitrogen and oxygen atoms in total. The molecule has 198 valence electrons. The van der Waals surface area contributed by atoms with E-state index in [0.717, 1.165) is 50.0 Å². The average molecular weight is 501 g/mol. The lowest BCUT2D eigenvalue weighted by molar-refractivity contribution is -0.156. The Morgan fingerprint density at radius 2 is 2.06 bits per heavy atom. The van der Waals surface area contributed by atoms with E-state index in [0.29, 0.717) is 37.4 Å². The second-order valence-corrected chi connectivity index (χ2v) is 11.9. The number of benzene rings is 1. The molecule has 3 fully saturated rings. The first-order valence-electron chi connectivity index (χ1n) is 13.7. The van der Waals surface area contributed by atoms with Crippen LogP contribution in [0.4, 0.5) is 5.69 Å². The summed E-state index contributed by atoms with van der Waals surface area (Å²) in [5.74, 6) is 0.429. The molecule has 2 saturated heterocycles. The number of nitrogens with zero attached hydrogens (tertiary/aromatic N) is 2. The van der Waals surface area contributed by atoms with Crippen molar-refractivity contribution in [3.8, 4) is 5.75 Å². The van der Waals surface area contributed by atoms with Crippen LogP contribution in [-0.2, 0) is 28.2 Å². The lowest BCUT2D eigenvalue weighted by Gasteiger charge is -2.65. The maximum absolute atomic E-state index is 12.0. The van der Waals surface area contributed by atoms with Gasteiger partial charge in [0.05, 0.1) is 43.2 Å². The molecule has 6 atom stereocenters. The van der Waals surface area contributed by atoms with E-state index in [1.54, 1.807) is 0 Å². The minimum Gasteiger partial charge on any atom is -0.489 e. The Labute approximate surface area is 213 Å². The normalized spacial score (nSPS) is 38.3. The molecule has 1 aromatic rings. The van der Waals surface area contributed by atoms with Crippen LogP contribution in [0.25, 0.3) is 0 Å². The highest BCUT2D eigenvalue weighted by atomic mass is 16.5. The van der Waals surface area contributed by atoms with Crippen LogP contribution in [0.3, 0.4) is 0 Å². The molecule has 1 saturated carbocycles. The fraction of sp³-hybridized carbons (Fsp3) is 0.750. The molecule has 0 aromatic heterocycles. The maximum atomic E-state index is 12.0. The van der Waals surface area contributed by atoms with Gasteiger partial charge in [0.15, 0.2) is 0 Å². The quantitative estimate of drug-likeness (QED) is 0.511. The van der Waals surface area contributed by atoms with Crippen LogP contribution in [0.5, 0.6) is 5.75 Å². The molecule has 1 aliphatic carbocycles. The van der Waals surface area contributed by atoms with E-state index in [2.05, 4.69) is 29.7 Å². The van der Waals surface area contributed by atoms with Crippen molar-refractivity contribution in [2.45, 2.75) is 102 Å². The zero-order valence-electron chi connectivity index (χ0n) is 21.8. The monoisotopic (exact) mass is 500 g/mol. The molecule has 36 heavy (non-hydrogen) atoms. The van der Waals surface area contributed by atoms with Crippen molar-refractivity contribution in [1.82, 2.24) is 4.90 Å². The summed E-state index contributed by atoms with van der Waals surface area (Å²) in [7, 11) is 0. The molecule has 0 radical (unpaired) electrons. The summed E-state index contributed by atoms with van der Waals surface area (Å²) in [6.07, 6.45) is 4.57. The lowest BCUT2D eigenvalue weighted by Crippen LogP contribution is -2.75. The Morgan fingerprint density at radius 3 is 2.75 bits per heavy atom. The van der Waals surface area contributed by atoms with Gasteiger partial charge >= 0.3 is 5.97 Å². The molecule has 8 heteroatoms. The molecular weight excluding hydrogens is 460 g/mol. The van der Waals surface area contributed by atoms with Crippen LogP contribution in [0.1, 0.15) is 76.0 Å². The van der Waals surface area contributed by atoms with E-state index in [1.807, 2.05) is 0 Å². The van der Waals surface area contributed by atoms with Crippen LogP contribution in [0.2, 0.25) is 0 Å². The maximum Gasteiger partial charge on any atom is 0.302 e. The molecule has 0 bridgehead atoms. The smallest absolute Gasteiger partial charge is 0.302 e. The summed E-state index contributed by atoms with van der Waals surface area (Å²) >= 11 is 0. The molecule has 4 aliphatic heterocycles. The Morgan fingerprint density at radius 1 is 1.25 bits per heavy atom. The summed E-state index contributed by atoms with van der Waals surface area (Å²) in [6, 6.07) is 2.41. The van der Waals surface area contributed by atoms with Gasteiger partial charge in [-0.05, 0) is 69.7 Å². The fourth-order valence-corrected chi connectivity index (χ4v) is 9.29. The summed E-state index contributed by atoms with van der Waals surface area (Å²) < 4.78 is 11.8. The Kier molecular flexibility index (Phi) is 5.65. The minimum atomic E-state index is -0.523. The first-order chi connectivity index (χ1) is 17.3. The number of piperidine rings is 1. The fourth-order valence-electron chi connectivity index (χ4n) is 9.29. The number of anilines is 1. The number of hydrogen-bond acceptors (Lipinski definition) is 8. The van der Waals surface area contributed by atoms with Crippen molar-refractivity contribution in [3.63, 3.8) is 0 Å². The van der Waals surface area contributed by atoms with E-state index in [4.69, 9.17) is 9.47 Å². The van der Waals surface area contributed by atoms with Crippen LogP contribution >= 0.6 is 0 Å². The number of carbonyl (C=O) groups excluding carboxylic acids is 1. The Balaban J connectivity index is 1.60. The van der Waals surface area contributed by atoms with E-state index in [-0.39, 0.29) is 47.6 Å². The number of esters is 1. The number of rotatable bonds is 6. The standard InChI is InChI=1S/C28H40N2O6/c1-4-19-16-36-24-20(15-32)18(14-31)12-21-23(24)30(19)26(3)13-22(34)27(8-11-35-17(2)33)6-5-9-29-10-7-28(21,26)25(27)29/h12,19,22,25,31-32,34H,4-11,13-16H2,1-3H3/t19-,22?,25?,26-,27?,28+/m1/s1. The van der Waals surface area contributed by atoms with Gasteiger partial charge in [0, 0.05) is 29.4 Å². The van der Waals surface area contributed by atoms with Gasteiger partial charge in [-0.1, -0.05) is 13.0 Å². The largest absolute Gasteiger partial charge is 0.489 e. The van der Waals surface area contributed by atoms with Gasteiger partial charge in [-0.3, -0.25) is 9.69 Å². The molecule has 1 aromatic carbocycles. The third-order valence-electron chi connectivity index (χ3n) is 10.6. The number of fused-ring (bicyclic) bond motifs is 1. The Hall–Kier alpha value is -1.87. The first kappa shape index (κ1) is 24.5. The molecule has 4 heterocycles. The Bertz CT molecular complexity index is 1080. The predicted octanol–water partition coefficient (Wildman–Crippen LogP) is 2.23. The van der Waals surface area contributed by atoms with Crippen LogP contribution in [0.15, 0.2) is 6.07 Å². The average Bonchev–Trinajstić information content (AvgIpc) is 3.37. The summed E-state index contributed by atoms with van der Waals surface area (Å²) in [4.78, 5) is 16.8. The molecule has 0 amide bonds. The van der Waals surface area contributed by atoms with Gasteiger partial charge in [-0.25, -0.2) is 0 Å². The highest BCUT2D eigenvalue weighted by Gasteiger charge is 2.76. The van der Waals surface area contributed by atoms with Gasteiger partial charge in [-0.2, -0.15) is 0 Å². The van der Waals surface area contributed by atoms with E-state index >= 15 is 0 Å². The molecule has 3 N–H and O–H groups in total. The van der Waals surface area contributed by atoms with Gasteiger partial charge in [0.2, 0.25) is 0 Å².